The van der Waals surface area contributed by atoms with Gasteiger partial charge in [-0.05, 0) is 20.4 Å². The summed E-state index contributed by atoms with van der Waals surface area (Å²) in [5, 5.41) is 3.33. The Kier molecular flexibility index (Phi) is 4.78. The van der Waals surface area contributed by atoms with Crippen LogP contribution < -0.4 is 5.32 Å². The number of nitrogens with one attached hydrogen (secondary N) is 1. The molecule has 1 rings (SSSR count). The van der Waals surface area contributed by atoms with Crippen molar-refractivity contribution in [2.24, 2.45) is 0 Å². The second-order valence-electron chi connectivity index (χ2n) is 4.04. The second-order valence-corrected chi connectivity index (χ2v) is 4.04. The van der Waals surface area contributed by atoms with Crippen LogP contribution in [0.4, 0.5) is 0 Å². The van der Waals surface area contributed by atoms with Crippen LogP contribution in [0.1, 0.15) is 13.3 Å². The lowest BCUT2D eigenvalue weighted by atomic mass is 10.1. The summed E-state index contributed by atoms with van der Waals surface area (Å²) in [6.45, 7) is 8.74. The smallest absolute Gasteiger partial charge is 0.333 e. The van der Waals surface area contributed by atoms with Gasteiger partial charge in [-0.25, -0.2) is 4.79 Å². The molecule has 4 nitrogen and oxygen atoms in total. The predicted molar refractivity (Wildman–Crippen MR) is 59.7 cm³/mol. The van der Waals surface area contributed by atoms with Gasteiger partial charge in [-0.3, -0.25) is 0 Å². The summed E-state index contributed by atoms with van der Waals surface area (Å²) in [7, 11) is 2.10. The molecule has 0 aliphatic carbocycles. The molecule has 0 bridgehead atoms. The van der Waals surface area contributed by atoms with Gasteiger partial charge < -0.3 is 15.0 Å². The van der Waals surface area contributed by atoms with Crippen molar-refractivity contribution in [3.8, 4) is 0 Å². The zero-order valence-electron chi connectivity index (χ0n) is 9.58. The van der Waals surface area contributed by atoms with Crippen LogP contribution >= 0.6 is 0 Å². The maximum atomic E-state index is 11.1. The third kappa shape index (κ3) is 4.01. The molecule has 1 N–H and O–H groups in total. The Hall–Kier alpha value is -0.870. The molecule has 1 unspecified atom stereocenters. The normalized spacial score (nSPS) is 22.4. The van der Waals surface area contributed by atoms with E-state index in [1.807, 2.05) is 0 Å². The van der Waals surface area contributed by atoms with Gasteiger partial charge >= 0.3 is 5.97 Å². The van der Waals surface area contributed by atoms with E-state index >= 15 is 0 Å². The summed E-state index contributed by atoms with van der Waals surface area (Å²) in [4.78, 5) is 13.4. The lowest BCUT2D eigenvalue weighted by Crippen LogP contribution is -2.49. The molecule has 1 atom stereocenters. The number of carbonyl (C=O) groups is 1. The van der Waals surface area contributed by atoms with Crippen LogP contribution in [0.3, 0.4) is 0 Å². The van der Waals surface area contributed by atoms with Gasteiger partial charge in [0.1, 0.15) is 0 Å². The Morgan fingerprint density at radius 2 is 2.40 bits per heavy atom. The Labute approximate surface area is 91.3 Å². The molecule has 1 aliphatic rings. The number of carbonyl (C=O) groups excluding carboxylic acids is 1. The van der Waals surface area contributed by atoms with Crippen LogP contribution in [0.5, 0.6) is 0 Å². The van der Waals surface area contributed by atoms with Crippen LogP contribution in [-0.2, 0) is 9.53 Å². The number of hydrogen-bond acceptors (Lipinski definition) is 4. The van der Waals surface area contributed by atoms with Crippen molar-refractivity contribution >= 4 is 5.97 Å². The third-order valence-electron chi connectivity index (χ3n) is 2.68. The van der Waals surface area contributed by atoms with Crippen LogP contribution in [0, 0.1) is 0 Å². The fraction of sp³-hybridized carbons (Fsp3) is 0.727. The molecule has 0 aromatic heterocycles. The maximum absolute atomic E-state index is 11.1. The summed E-state index contributed by atoms with van der Waals surface area (Å²) in [6.07, 6.45) is 0.878. The Morgan fingerprint density at radius 1 is 1.67 bits per heavy atom. The molecular formula is C11H20N2O2. The molecule has 1 heterocycles. The van der Waals surface area contributed by atoms with Gasteiger partial charge in [-0.15, -0.1) is 0 Å². The molecule has 0 aromatic rings. The number of hydrogen-bond donors (Lipinski definition) is 1. The van der Waals surface area contributed by atoms with Crippen molar-refractivity contribution in [2.45, 2.75) is 19.4 Å². The molecule has 0 saturated carbocycles. The van der Waals surface area contributed by atoms with Gasteiger partial charge in [0, 0.05) is 31.2 Å². The number of ether oxygens (including phenoxy) is 1. The lowest BCUT2D eigenvalue weighted by molar-refractivity contribution is -0.139. The highest BCUT2D eigenvalue weighted by Crippen LogP contribution is 2.05. The highest BCUT2D eigenvalue weighted by atomic mass is 16.5. The number of esters is 1. The molecule has 1 fully saturated rings. The first-order valence-electron chi connectivity index (χ1n) is 5.35. The van der Waals surface area contributed by atoms with Gasteiger partial charge in [0.25, 0.3) is 0 Å². The standard InChI is InChI=1S/C11H20N2O2/c1-9(2)11(14)15-7-4-10-8-12-5-6-13(10)3/h10,12H,1,4-8H2,2-3H3. The number of rotatable bonds is 4. The van der Waals surface area contributed by atoms with E-state index in [0.29, 0.717) is 18.2 Å². The number of piperazine rings is 1. The van der Waals surface area contributed by atoms with Gasteiger partial charge in [0.15, 0.2) is 0 Å². The first-order valence-corrected chi connectivity index (χ1v) is 5.35. The Morgan fingerprint density at radius 3 is 3.00 bits per heavy atom. The molecule has 0 spiro atoms. The van der Waals surface area contributed by atoms with E-state index in [-0.39, 0.29) is 5.97 Å². The largest absolute Gasteiger partial charge is 0.462 e. The zero-order chi connectivity index (χ0) is 11.3. The van der Waals surface area contributed by atoms with Crippen molar-refractivity contribution in [3.05, 3.63) is 12.2 Å². The van der Waals surface area contributed by atoms with Gasteiger partial charge in [-0.1, -0.05) is 6.58 Å². The molecular weight excluding hydrogens is 192 g/mol. The van der Waals surface area contributed by atoms with Crippen molar-refractivity contribution < 1.29 is 9.53 Å². The minimum atomic E-state index is -0.290. The van der Waals surface area contributed by atoms with E-state index in [1.54, 1.807) is 6.92 Å². The highest BCUT2D eigenvalue weighted by molar-refractivity contribution is 5.86. The van der Waals surface area contributed by atoms with Crippen molar-refractivity contribution in [1.82, 2.24) is 10.2 Å². The monoisotopic (exact) mass is 212 g/mol. The first kappa shape index (κ1) is 12.2. The first-order chi connectivity index (χ1) is 7.11. The summed E-state index contributed by atoms with van der Waals surface area (Å²) >= 11 is 0. The average molecular weight is 212 g/mol. The minimum absolute atomic E-state index is 0.290. The highest BCUT2D eigenvalue weighted by Gasteiger charge is 2.18. The summed E-state index contributed by atoms with van der Waals surface area (Å²) < 4.78 is 5.06. The molecule has 1 saturated heterocycles. The van der Waals surface area contributed by atoms with Crippen LogP contribution in [0.2, 0.25) is 0 Å². The van der Waals surface area contributed by atoms with Gasteiger partial charge in [0.05, 0.1) is 6.61 Å². The average Bonchev–Trinajstić information content (AvgIpc) is 2.20. The predicted octanol–water partition coefficient (Wildman–Crippen LogP) is 0.399. The van der Waals surface area contributed by atoms with E-state index < -0.39 is 0 Å². The SMILES string of the molecule is C=C(C)C(=O)OCCC1CNCCN1C. The summed E-state index contributed by atoms with van der Waals surface area (Å²) in [5.74, 6) is -0.290. The third-order valence-corrected chi connectivity index (χ3v) is 2.68. The molecule has 15 heavy (non-hydrogen) atoms. The van der Waals surface area contributed by atoms with E-state index in [1.165, 1.54) is 0 Å². The number of nitrogens with zero attached hydrogens (tertiary/aromatic N) is 1. The number of likely N-dealkylation sites (N-methyl/N-ethyl adjacent to an activating group) is 1. The van der Waals surface area contributed by atoms with Gasteiger partial charge in [-0.2, -0.15) is 0 Å². The molecule has 0 radical (unpaired) electrons. The quantitative estimate of drug-likeness (QED) is 0.541. The van der Waals surface area contributed by atoms with E-state index in [9.17, 15) is 4.79 Å². The van der Waals surface area contributed by atoms with E-state index in [0.717, 1.165) is 26.1 Å². The molecule has 86 valence electrons. The molecule has 0 aromatic carbocycles. The van der Waals surface area contributed by atoms with Crippen LogP contribution in [0.25, 0.3) is 0 Å². The van der Waals surface area contributed by atoms with Crippen LogP contribution in [0.15, 0.2) is 12.2 Å². The molecule has 1 aliphatic heterocycles. The maximum Gasteiger partial charge on any atom is 0.333 e. The Balaban J connectivity index is 2.19. The fourth-order valence-electron chi connectivity index (χ4n) is 1.60. The summed E-state index contributed by atoms with van der Waals surface area (Å²) in [6, 6.07) is 0.469. The molecule has 4 heteroatoms. The topological polar surface area (TPSA) is 41.6 Å². The van der Waals surface area contributed by atoms with E-state index in [2.05, 4.69) is 23.8 Å². The van der Waals surface area contributed by atoms with Gasteiger partial charge in [0.2, 0.25) is 0 Å². The van der Waals surface area contributed by atoms with Crippen molar-refractivity contribution in [2.75, 3.05) is 33.3 Å². The molecule has 0 amide bonds. The second kappa shape index (κ2) is 5.88. The lowest BCUT2D eigenvalue weighted by Gasteiger charge is -2.32. The minimum Gasteiger partial charge on any atom is -0.462 e. The van der Waals surface area contributed by atoms with E-state index in [4.69, 9.17) is 4.74 Å². The summed E-state index contributed by atoms with van der Waals surface area (Å²) in [5.41, 5.74) is 0.463. The Bertz CT molecular complexity index is 241. The fourth-order valence-corrected chi connectivity index (χ4v) is 1.60. The zero-order valence-corrected chi connectivity index (χ0v) is 9.58. The van der Waals surface area contributed by atoms with Crippen LogP contribution in [-0.4, -0.2) is 50.2 Å². The van der Waals surface area contributed by atoms with Crippen molar-refractivity contribution in [1.29, 1.82) is 0 Å². The van der Waals surface area contributed by atoms with Crippen molar-refractivity contribution in [3.63, 3.8) is 0 Å².